The van der Waals surface area contributed by atoms with Gasteiger partial charge in [-0.1, -0.05) is 12.1 Å². The molecule has 3 N–H and O–H groups in total. The molecule has 44 heavy (non-hydrogen) atoms. The Hall–Kier alpha value is -4.75. The van der Waals surface area contributed by atoms with E-state index in [1.807, 2.05) is 30.5 Å². The molecule has 13 heteroatoms. The average molecular weight is 617 g/mol. The summed E-state index contributed by atoms with van der Waals surface area (Å²) in [7, 11) is 2.13. The maximum Gasteiger partial charge on any atom is 0.281 e. The number of nitrogens with two attached hydrogens (primary N) is 1. The Balaban J connectivity index is 1.32. The van der Waals surface area contributed by atoms with Gasteiger partial charge in [0.2, 0.25) is 0 Å². The van der Waals surface area contributed by atoms with Crippen molar-refractivity contribution in [2.45, 2.75) is 38.6 Å². The number of carbonyl (C=O) groups is 1. The molecule has 0 radical (unpaired) electrons. The molecule has 1 aliphatic heterocycles. The summed E-state index contributed by atoms with van der Waals surface area (Å²) in [5, 5.41) is 7.37. The zero-order valence-corrected chi connectivity index (χ0v) is 25.4. The zero-order chi connectivity index (χ0) is 31.0. The minimum atomic E-state index is -0.608. The maximum absolute atomic E-state index is 13.5. The average Bonchev–Trinajstić information content (AvgIpc) is 3.31. The molecule has 1 amide bonds. The number of rotatable bonds is 6. The van der Waals surface area contributed by atoms with Crippen LogP contribution in [0, 0.1) is 5.82 Å². The SMILES string of the molecule is CC(C)n1cc(C(=O)Nc2ccc(-c3cc(C4CCN(C)CC4)n4ncnc(N)c34)cc2)c(=O)n(-c2ccc(F)cc2)so1. The molecular formula is C31H33FN8O3S. The standard InChI is InChI=1S/C31H33FN8O3S/c1-19(2)38-17-26(31(42)40(44-43-38)24-10-6-22(32)7-11-24)30(41)36-23-8-4-20(5-9-23)25-16-27(21-12-14-37(3)15-13-21)39-28(25)29(33)34-18-35-39/h4-11,16-19,21H,12-15H2,1-3H3,(H,36,41)(H2,33,34,35). The van der Waals surface area contributed by atoms with Gasteiger partial charge in [-0.15, -0.1) is 0 Å². The third-order valence-corrected chi connectivity index (χ3v) is 8.65. The number of hydrogen-bond acceptors (Lipinski definition) is 8. The Morgan fingerprint density at radius 1 is 1.11 bits per heavy atom. The van der Waals surface area contributed by atoms with Crippen LogP contribution in [0.5, 0.6) is 0 Å². The van der Waals surface area contributed by atoms with E-state index in [2.05, 4.69) is 33.4 Å². The Labute approximate surface area is 257 Å². The number of hydrogen-bond donors (Lipinski definition) is 2. The Morgan fingerprint density at radius 2 is 1.82 bits per heavy atom. The predicted octanol–water partition coefficient (Wildman–Crippen LogP) is 5.49. The highest BCUT2D eigenvalue weighted by Gasteiger charge is 2.25. The quantitative estimate of drug-likeness (QED) is 0.258. The summed E-state index contributed by atoms with van der Waals surface area (Å²) in [5.41, 5.74) is 10.1. The van der Waals surface area contributed by atoms with Crippen molar-refractivity contribution in [3.8, 4) is 16.8 Å². The molecular weight excluding hydrogens is 583 g/mol. The van der Waals surface area contributed by atoms with E-state index in [0.29, 0.717) is 23.1 Å². The number of fused-ring (bicyclic) bond motifs is 1. The number of aromatic nitrogens is 5. The number of benzene rings is 2. The molecule has 11 nitrogen and oxygen atoms in total. The lowest BCUT2D eigenvalue weighted by atomic mass is 9.93. The molecule has 0 bridgehead atoms. The van der Waals surface area contributed by atoms with Crippen molar-refractivity contribution < 1.29 is 13.1 Å². The van der Waals surface area contributed by atoms with Crippen LogP contribution in [-0.4, -0.2) is 54.2 Å². The van der Waals surface area contributed by atoms with Gasteiger partial charge in [-0.05, 0) is 94.9 Å². The van der Waals surface area contributed by atoms with Crippen molar-refractivity contribution in [2.24, 2.45) is 0 Å². The molecule has 1 saturated heterocycles. The first-order chi connectivity index (χ1) is 21.2. The summed E-state index contributed by atoms with van der Waals surface area (Å²) in [6, 6.07) is 14.7. The van der Waals surface area contributed by atoms with E-state index in [0.717, 1.165) is 60.1 Å². The highest BCUT2D eigenvalue weighted by molar-refractivity contribution is 6.97. The van der Waals surface area contributed by atoms with E-state index < -0.39 is 17.3 Å². The molecule has 0 saturated carbocycles. The topological polar surface area (TPSA) is 129 Å². The second-order valence-electron chi connectivity index (χ2n) is 11.2. The van der Waals surface area contributed by atoms with Crippen molar-refractivity contribution in [3.63, 3.8) is 0 Å². The molecule has 5 aromatic rings. The van der Waals surface area contributed by atoms with Crippen LogP contribution in [0.2, 0.25) is 0 Å². The van der Waals surface area contributed by atoms with Crippen LogP contribution in [-0.2, 0) is 0 Å². The molecule has 228 valence electrons. The van der Waals surface area contributed by atoms with Crippen LogP contribution >= 0.6 is 11.8 Å². The van der Waals surface area contributed by atoms with Crippen LogP contribution in [0.3, 0.4) is 0 Å². The van der Waals surface area contributed by atoms with Gasteiger partial charge in [-0.3, -0.25) is 9.59 Å². The van der Waals surface area contributed by atoms with Crippen molar-refractivity contribution in [1.29, 1.82) is 0 Å². The number of carbonyl (C=O) groups excluding carboxylic acids is 1. The van der Waals surface area contributed by atoms with Crippen LogP contribution in [0.4, 0.5) is 15.9 Å². The number of halogens is 1. The zero-order valence-electron chi connectivity index (χ0n) is 24.6. The minimum absolute atomic E-state index is 0.136. The smallest absolute Gasteiger partial charge is 0.281 e. The highest BCUT2D eigenvalue weighted by atomic mass is 32.1. The molecule has 4 heterocycles. The Kier molecular flexibility index (Phi) is 8.06. The fourth-order valence-corrected chi connectivity index (χ4v) is 6.12. The number of nitrogens with zero attached hydrogens (tertiary/aromatic N) is 6. The first-order valence-corrected chi connectivity index (χ1v) is 15.1. The van der Waals surface area contributed by atoms with Crippen molar-refractivity contribution in [2.75, 3.05) is 31.2 Å². The van der Waals surface area contributed by atoms with Gasteiger partial charge in [0.1, 0.15) is 23.2 Å². The Bertz CT molecular complexity index is 1910. The highest BCUT2D eigenvalue weighted by Crippen LogP contribution is 2.36. The second-order valence-corrected chi connectivity index (χ2v) is 11.9. The monoisotopic (exact) mass is 616 g/mol. The summed E-state index contributed by atoms with van der Waals surface area (Å²) in [6.45, 7) is 5.76. The molecule has 1 aliphatic rings. The van der Waals surface area contributed by atoms with Gasteiger partial charge in [-0.25, -0.2) is 13.9 Å². The summed E-state index contributed by atoms with van der Waals surface area (Å²) in [6.07, 6.45) is 4.92. The minimum Gasteiger partial charge on any atom is -0.382 e. The number of likely N-dealkylation sites (tertiary alicyclic amines) is 1. The number of nitrogen functional groups attached to an aromatic ring is 1. The molecule has 0 atom stereocenters. The van der Waals surface area contributed by atoms with E-state index in [-0.39, 0.29) is 11.6 Å². The molecule has 0 spiro atoms. The van der Waals surface area contributed by atoms with Crippen LogP contribution in [0.15, 0.2) is 75.9 Å². The third kappa shape index (κ3) is 5.75. The lowest BCUT2D eigenvalue weighted by molar-refractivity contribution is 0.102. The number of amides is 1. The first kappa shape index (κ1) is 29.3. The first-order valence-electron chi connectivity index (χ1n) is 14.4. The van der Waals surface area contributed by atoms with E-state index in [1.165, 1.54) is 45.5 Å². The third-order valence-electron chi connectivity index (χ3n) is 7.88. The molecule has 3 aromatic heterocycles. The predicted molar refractivity (Wildman–Crippen MR) is 168 cm³/mol. The Morgan fingerprint density at radius 3 is 2.50 bits per heavy atom. The fraction of sp³-hybridized carbons (Fsp3) is 0.290. The van der Waals surface area contributed by atoms with Crippen molar-refractivity contribution in [3.05, 3.63) is 94.5 Å². The normalized spacial score (nSPS) is 14.3. The molecule has 0 unspecified atom stereocenters. The van der Waals surface area contributed by atoms with Gasteiger partial charge in [-0.2, -0.15) is 13.8 Å². The molecule has 0 aliphatic carbocycles. The number of nitrogens with one attached hydrogen (secondary N) is 1. The van der Waals surface area contributed by atoms with E-state index >= 15 is 0 Å². The molecule has 2 aromatic carbocycles. The summed E-state index contributed by atoms with van der Waals surface area (Å²) in [5.74, 6) is -0.300. The van der Waals surface area contributed by atoms with Gasteiger partial charge in [0.05, 0.1) is 17.9 Å². The largest absolute Gasteiger partial charge is 0.382 e. The summed E-state index contributed by atoms with van der Waals surface area (Å²) < 4.78 is 23.8. The fourth-order valence-electron chi connectivity index (χ4n) is 5.39. The van der Waals surface area contributed by atoms with Crippen LogP contribution in [0.1, 0.15) is 54.7 Å². The second kappa shape index (κ2) is 12.1. The lowest BCUT2D eigenvalue weighted by Gasteiger charge is -2.28. The van der Waals surface area contributed by atoms with Crippen LogP contribution in [0.25, 0.3) is 22.3 Å². The van der Waals surface area contributed by atoms with Gasteiger partial charge in [0, 0.05) is 22.9 Å². The number of piperidine rings is 1. The maximum atomic E-state index is 13.5. The van der Waals surface area contributed by atoms with Crippen molar-refractivity contribution >= 4 is 34.8 Å². The van der Waals surface area contributed by atoms with E-state index in [1.54, 1.807) is 12.1 Å². The lowest BCUT2D eigenvalue weighted by Crippen LogP contribution is -2.29. The molecule has 6 rings (SSSR count). The van der Waals surface area contributed by atoms with Gasteiger partial charge in [0.15, 0.2) is 17.6 Å². The van der Waals surface area contributed by atoms with Gasteiger partial charge in [0.25, 0.3) is 11.5 Å². The summed E-state index contributed by atoms with van der Waals surface area (Å²) >= 11 is 0.759. The van der Waals surface area contributed by atoms with Gasteiger partial charge >= 0.3 is 0 Å². The number of anilines is 2. The van der Waals surface area contributed by atoms with E-state index in [4.69, 9.17) is 9.69 Å². The molecule has 1 fully saturated rings. The van der Waals surface area contributed by atoms with Crippen molar-refractivity contribution in [1.82, 2.24) is 28.2 Å². The van der Waals surface area contributed by atoms with Gasteiger partial charge < -0.3 is 19.9 Å². The van der Waals surface area contributed by atoms with Crippen LogP contribution < -0.4 is 16.6 Å². The summed E-state index contributed by atoms with van der Waals surface area (Å²) in [4.78, 5) is 33.6. The van der Waals surface area contributed by atoms with E-state index in [9.17, 15) is 14.0 Å².